The van der Waals surface area contributed by atoms with Gasteiger partial charge in [0.1, 0.15) is 16.9 Å². The van der Waals surface area contributed by atoms with Crippen LogP contribution in [0, 0.1) is 25.7 Å². The molecule has 0 saturated heterocycles. The Morgan fingerprint density at radius 3 is 2.54 bits per heavy atom. The van der Waals surface area contributed by atoms with Gasteiger partial charge < -0.3 is 11.1 Å². The molecule has 35 heavy (non-hydrogen) atoms. The molecule has 3 heterocycles. The van der Waals surface area contributed by atoms with Crippen LogP contribution in [0.25, 0.3) is 11.0 Å². The number of aromatic nitrogens is 4. The molecule has 0 bridgehead atoms. The summed E-state index contributed by atoms with van der Waals surface area (Å²) in [5.41, 5.74) is 8.26. The predicted molar refractivity (Wildman–Crippen MR) is 126 cm³/mol. The Morgan fingerprint density at radius 1 is 1.06 bits per heavy atom. The molecule has 0 aliphatic heterocycles. The number of hydrogen-bond acceptors (Lipinski definition) is 6. The second kappa shape index (κ2) is 9.19. The summed E-state index contributed by atoms with van der Waals surface area (Å²) < 4.78 is 39.3. The number of carbonyl (C=O) groups is 1. The van der Waals surface area contributed by atoms with Crippen molar-refractivity contribution in [2.24, 2.45) is 0 Å². The summed E-state index contributed by atoms with van der Waals surface area (Å²) in [6.07, 6.45) is -0.437. The summed E-state index contributed by atoms with van der Waals surface area (Å²) in [5.74, 6) is 5.30. The van der Waals surface area contributed by atoms with Crippen molar-refractivity contribution in [1.82, 2.24) is 19.9 Å². The highest BCUT2D eigenvalue weighted by molar-refractivity contribution is 6.31. The number of carbonyl (C=O) groups excluding carboxylic acids is 1. The van der Waals surface area contributed by atoms with Crippen LogP contribution >= 0.6 is 11.6 Å². The third-order valence-corrected chi connectivity index (χ3v) is 5.34. The van der Waals surface area contributed by atoms with Crippen LogP contribution in [-0.2, 0) is 6.18 Å². The van der Waals surface area contributed by atoms with Gasteiger partial charge in [-0.05, 0) is 38.1 Å². The molecular weight excluding hydrogens is 481 g/mol. The Bertz CT molecular complexity index is 1540. The zero-order valence-electron chi connectivity index (χ0n) is 18.3. The van der Waals surface area contributed by atoms with Crippen molar-refractivity contribution in [2.75, 3.05) is 11.1 Å². The summed E-state index contributed by atoms with van der Waals surface area (Å²) in [7, 11) is 0. The number of fused-ring (bicyclic) bond motifs is 1. The van der Waals surface area contributed by atoms with E-state index < -0.39 is 22.7 Å². The van der Waals surface area contributed by atoms with Crippen molar-refractivity contribution < 1.29 is 18.0 Å². The monoisotopic (exact) mass is 496 g/mol. The second-order valence-electron chi connectivity index (χ2n) is 7.51. The lowest BCUT2D eigenvalue weighted by atomic mass is 10.1. The third-order valence-electron chi connectivity index (χ3n) is 5.01. The minimum absolute atomic E-state index is 0.0675. The normalized spacial score (nSPS) is 11.1. The van der Waals surface area contributed by atoms with E-state index in [9.17, 15) is 18.0 Å². The molecule has 0 fully saturated rings. The SMILES string of the molecule is Cc1nc2cnc(N)c(C#Cc3cncc(C(=O)Nc4ccc(Cl)c(C(F)(F)F)c4)c3)c2nc1C. The Labute approximate surface area is 202 Å². The van der Waals surface area contributed by atoms with Gasteiger partial charge in [0.05, 0.1) is 39.3 Å². The van der Waals surface area contributed by atoms with Gasteiger partial charge in [0.2, 0.25) is 0 Å². The number of hydrogen-bond donors (Lipinski definition) is 2. The minimum Gasteiger partial charge on any atom is -0.383 e. The number of benzene rings is 1. The first-order valence-electron chi connectivity index (χ1n) is 10.1. The fraction of sp³-hybridized carbons (Fsp3) is 0.125. The third kappa shape index (κ3) is 5.15. The van der Waals surface area contributed by atoms with Gasteiger partial charge in [-0.2, -0.15) is 13.2 Å². The molecule has 0 unspecified atom stereocenters. The molecule has 11 heteroatoms. The van der Waals surface area contributed by atoms with Crippen LogP contribution in [0.1, 0.15) is 38.4 Å². The highest BCUT2D eigenvalue weighted by Crippen LogP contribution is 2.36. The van der Waals surface area contributed by atoms with Crippen LogP contribution in [0.5, 0.6) is 0 Å². The number of alkyl halides is 3. The lowest BCUT2D eigenvalue weighted by Gasteiger charge is -2.11. The first-order chi connectivity index (χ1) is 16.5. The van der Waals surface area contributed by atoms with Crippen molar-refractivity contribution in [1.29, 1.82) is 0 Å². The van der Waals surface area contributed by atoms with Crippen LogP contribution in [0.4, 0.5) is 24.7 Å². The number of amides is 1. The number of nitrogens with zero attached hydrogens (tertiary/aromatic N) is 4. The van der Waals surface area contributed by atoms with Crippen molar-refractivity contribution in [2.45, 2.75) is 20.0 Å². The smallest absolute Gasteiger partial charge is 0.383 e. The first kappa shape index (κ1) is 23.9. The van der Waals surface area contributed by atoms with Gasteiger partial charge in [-0.3, -0.25) is 9.78 Å². The van der Waals surface area contributed by atoms with Gasteiger partial charge >= 0.3 is 6.18 Å². The van der Waals surface area contributed by atoms with E-state index in [4.69, 9.17) is 17.3 Å². The van der Waals surface area contributed by atoms with Crippen LogP contribution in [-0.4, -0.2) is 25.8 Å². The van der Waals surface area contributed by atoms with Crippen LogP contribution in [0.3, 0.4) is 0 Å². The molecule has 176 valence electrons. The van der Waals surface area contributed by atoms with Gasteiger partial charge in [-0.15, -0.1) is 0 Å². The summed E-state index contributed by atoms with van der Waals surface area (Å²) >= 11 is 5.62. The molecule has 4 rings (SSSR count). The molecule has 1 aromatic carbocycles. The average Bonchev–Trinajstić information content (AvgIpc) is 2.80. The first-order valence-corrected chi connectivity index (χ1v) is 10.5. The highest BCUT2D eigenvalue weighted by Gasteiger charge is 2.33. The maximum Gasteiger partial charge on any atom is 0.417 e. The molecule has 7 nitrogen and oxygen atoms in total. The molecule has 0 aliphatic rings. The van der Waals surface area contributed by atoms with Gasteiger partial charge in [0.25, 0.3) is 5.91 Å². The van der Waals surface area contributed by atoms with E-state index in [2.05, 4.69) is 37.1 Å². The van der Waals surface area contributed by atoms with Crippen molar-refractivity contribution in [3.63, 3.8) is 0 Å². The number of nitrogen functional groups attached to an aromatic ring is 1. The largest absolute Gasteiger partial charge is 0.417 e. The summed E-state index contributed by atoms with van der Waals surface area (Å²) in [5, 5.41) is 1.94. The summed E-state index contributed by atoms with van der Waals surface area (Å²) in [4.78, 5) is 29.7. The van der Waals surface area contributed by atoms with Crippen molar-refractivity contribution in [3.05, 3.63) is 81.5 Å². The number of aryl methyl sites for hydroxylation is 2. The van der Waals surface area contributed by atoms with Gasteiger partial charge in [0.15, 0.2) is 0 Å². The Hall–Kier alpha value is -4.23. The summed E-state index contributed by atoms with van der Waals surface area (Å²) in [6, 6.07) is 4.55. The Morgan fingerprint density at radius 2 is 1.80 bits per heavy atom. The topological polar surface area (TPSA) is 107 Å². The van der Waals surface area contributed by atoms with Gasteiger partial charge in [0, 0.05) is 23.6 Å². The van der Waals surface area contributed by atoms with E-state index in [1.807, 2.05) is 13.8 Å². The molecule has 4 aromatic rings. The van der Waals surface area contributed by atoms with E-state index in [1.54, 1.807) is 0 Å². The standard InChI is InChI=1S/C24H16ClF3N6O/c1-12-13(2)33-21-17(22(29)31-11-20(21)32-12)5-3-14-7-15(10-30-9-14)23(35)34-16-4-6-19(25)18(8-16)24(26,27)28/h4,6-11H,1-2H3,(H2,29,31)(H,34,35). The maximum absolute atomic E-state index is 13.1. The molecule has 3 N–H and O–H groups in total. The predicted octanol–water partition coefficient (Wildman–Crippen LogP) is 4.94. The fourth-order valence-corrected chi connectivity index (χ4v) is 3.35. The lowest BCUT2D eigenvalue weighted by molar-refractivity contribution is -0.137. The summed E-state index contributed by atoms with van der Waals surface area (Å²) in [6.45, 7) is 3.65. The number of nitrogens with one attached hydrogen (secondary N) is 1. The number of halogens is 4. The van der Waals surface area contributed by atoms with Gasteiger partial charge in [-0.1, -0.05) is 23.4 Å². The molecule has 0 aliphatic carbocycles. The molecule has 0 saturated carbocycles. The molecule has 0 spiro atoms. The molecule has 0 radical (unpaired) electrons. The fourth-order valence-electron chi connectivity index (χ4n) is 3.12. The number of anilines is 2. The number of pyridine rings is 2. The van der Waals surface area contributed by atoms with Crippen LogP contribution < -0.4 is 11.1 Å². The number of rotatable bonds is 2. The van der Waals surface area contributed by atoms with E-state index in [0.717, 1.165) is 23.5 Å². The Balaban J connectivity index is 1.63. The molecular formula is C24H16ClF3N6O. The molecule has 0 atom stereocenters. The van der Waals surface area contributed by atoms with E-state index in [0.29, 0.717) is 22.2 Å². The lowest BCUT2D eigenvalue weighted by Crippen LogP contribution is -2.14. The van der Waals surface area contributed by atoms with E-state index >= 15 is 0 Å². The minimum atomic E-state index is -4.66. The average molecular weight is 497 g/mol. The maximum atomic E-state index is 13.1. The van der Waals surface area contributed by atoms with Crippen LogP contribution in [0.15, 0.2) is 42.9 Å². The second-order valence-corrected chi connectivity index (χ2v) is 7.91. The van der Waals surface area contributed by atoms with Crippen molar-refractivity contribution in [3.8, 4) is 11.8 Å². The Kier molecular flexibility index (Phi) is 6.28. The molecule has 3 aromatic heterocycles. The highest BCUT2D eigenvalue weighted by atomic mass is 35.5. The van der Waals surface area contributed by atoms with Crippen molar-refractivity contribution >= 4 is 40.0 Å². The molecule has 1 amide bonds. The quantitative estimate of drug-likeness (QED) is 0.381. The number of nitrogens with two attached hydrogens (primary N) is 1. The van der Waals surface area contributed by atoms with Gasteiger partial charge in [-0.25, -0.2) is 15.0 Å². The van der Waals surface area contributed by atoms with E-state index in [1.165, 1.54) is 30.7 Å². The van der Waals surface area contributed by atoms with Crippen LogP contribution in [0.2, 0.25) is 5.02 Å². The van der Waals surface area contributed by atoms with E-state index in [-0.39, 0.29) is 17.1 Å². The zero-order valence-corrected chi connectivity index (χ0v) is 19.1. The zero-order chi connectivity index (χ0) is 25.3.